The number of hydrogen-bond donors (Lipinski definition) is 1. The van der Waals surface area contributed by atoms with Gasteiger partial charge in [0.05, 0.1) is 23.8 Å². The van der Waals surface area contributed by atoms with Crippen LogP contribution in [0.15, 0.2) is 48.5 Å². The molecule has 29 heavy (non-hydrogen) atoms. The number of nitrogens with one attached hydrogen (secondary N) is 1. The third-order valence-corrected chi connectivity index (χ3v) is 5.83. The Morgan fingerprint density at radius 3 is 2.38 bits per heavy atom. The molecule has 0 saturated heterocycles. The minimum absolute atomic E-state index is 0.174. The van der Waals surface area contributed by atoms with E-state index in [1.807, 2.05) is 38.1 Å². The Morgan fingerprint density at radius 1 is 1.10 bits per heavy atom. The number of rotatable bonds is 5. The van der Waals surface area contributed by atoms with Crippen molar-refractivity contribution in [1.29, 1.82) is 0 Å². The highest BCUT2D eigenvalue weighted by Crippen LogP contribution is 2.33. The highest BCUT2D eigenvalue weighted by atomic mass is 16.5. The van der Waals surface area contributed by atoms with Crippen LogP contribution in [0, 0.1) is 5.92 Å². The number of hydrogen-bond acceptors (Lipinski definition) is 4. The minimum atomic E-state index is -0.859. The number of para-hydroxylation sites is 1. The maximum absolute atomic E-state index is 13.4. The second-order valence-corrected chi connectivity index (χ2v) is 7.59. The second-order valence-electron chi connectivity index (χ2n) is 7.59. The van der Waals surface area contributed by atoms with Crippen molar-refractivity contribution in [2.75, 3.05) is 6.61 Å². The van der Waals surface area contributed by atoms with Gasteiger partial charge in [-0.05, 0) is 24.1 Å². The van der Waals surface area contributed by atoms with E-state index in [2.05, 4.69) is 5.32 Å². The van der Waals surface area contributed by atoms with Crippen molar-refractivity contribution >= 4 is 17.7 Å². The first-order valence-electron chi connectivity index (χ1n) is 10.0. The van der Waals surface area contributed by atoms with Crippen LogP contribution in [0.1, 0.15) is 59.0 Å². The van der Waals surface area contributed by atoms with Crippen LogP contribution in [-0.2, 0) is 4.79 Å². The zero-order valence-electron chi connectivity index (χ0n) is 16.6. The third kappa shape index (κ3) is 3.28. The van der Waals surface area contributed by atoms with Crippen LogP contribution in [0.25, 0.3) is 0 Å². The van der Waals surface area contributed by atoms with Gasteiger partial charge in [0.25, 0.3) is 11.8 Å². The number of carbonyl (C=O) groups excluding carboxylic acids is 3. The van der Waals surface area contributed by atoms with E-state index in [0.717, 1.165) is 16.2 Å². The van der Waals surface area contributed by atoms with Crippen molar-refractivity contribution in [2.24, 2.45) is 5.92 Å². The molecule has 2 heterocycles. The number of carbonyl (C=O) groups is 3. The Bertz CT molecular complexity index is 936. The molecule has 4 rings (SSSR count). The molecule has 2 aliphatic rings. The topological polar surface area (TPSA) is 75.7 Å². The summed E-state index contributed by atoms with van der Waals surface area (Å²) in [5, 5.41) is 3.07. The standard InChI is InChI=1S/C23H24N2O4/c1-3-14(2)20(25-22(27)15-8-4-5-9-16(15)23(25)28)21(26)24-18-12-13-29-19-11-7-6-10-17(18)19/h4-11,14,18,20H,3,12-13H2,1-2H3,(H,24,26)/t14-,18+,20-/m0/s1. The summed E-state index contributed by atoms with van der Waals surface area (Å²) in [5.74, 6) is -0.537. The summed E-state index contributed by atoms with van der Waals surface area (Å²) in [4.78, 5) is 40.4. The molecule has 0 spiro atoms. The van der Waals surface area contributed by atoms with Gasteiger partial charge in [0.1, 0.15) is 11.8 Å². The van der Waals surface area contributed by atoms with Crippen LogP contribution >= 0.6 is 0 Å². The van der Waals surface area contributed by atoms with E-state index in [-0.39, 0.29) is 17.9 Å². The van der Waals surface area contributed by atoms with Crippen LogP contribution in [0.4, 0.5) is 0 Å². The SMILES string of the molecule is CC[C@H](C)[C@@H](C(=O)N[C@@H]1CCOc2ccccc21)N1C(=O)c2ccccc2C1=O. The van der Waals surface area contributed by atoms with E-state index < -0.39 is 17.9 Å². The molecule has 2 aromatic carbocycles. The molecule has 0 unspecified atom stereocenters. The zero-order chi connectivity index (χ0) is 20.5. The largest absolute Gasteiger partial charge is 0.493 e. The van der Waals surface area contributed by atoms with Crippen LogP contribution < -0.4 is 10.1 Å². The van der Waals surface area contributed by atoms with E-state index in [0.29, 0.717) is 30.6 Å². The summed E-state index contributed by atoms with van der Waals surface area (Å²) >= 11 is 0. The van der Waals surface area contributed by atoms with Gasteiger partial charge in [-0.1, -0.05) is 50.6 Å². The number of nitrogens with zero attached hydrogens (tertiary/aromatic N) is 1. The fourth-order valence-electron chi connectivity index (χ4n) is 4.06. The quantitative estimate of drug-likeness (QED) is 0.792. The third-order valence-electron chi connectivity index (χ3n) is 5.83. The van der Waals surface area contributed by atoms with E-state index >= 15 is 0 Å². The predicted molar refractivity (Wildman–Crippen MR) is 108 cm³/mol. The van der Waals surface area contributed by atoms with Gasteiger partial charge < -0.3 is 10.1 Å². The molecular weight excluding hydrogens is 368 g/mol. The molecule has 3 atom stereocenters. The molecule has 6 heteroatoms. The zero-order valence-corrected chi connectivity index (χ0v) is 16.6. The van der Waals surface area contributed by atoms with Crippen LogP contribution in [0.2, 0.25) is 0 Å². The van der Waals surface area contributed by atoms with Crippen molar-refractivity contribution in [3.63, 3.8) is 0 Å². The first kappa shape index (κ1) is 19.2. The van der Waals surface area contributed by atoms with Gasteiger partial charge in [0.2, 0.25) is 5.91 Å². The molecular formula is C23H24N2O4. The number of ether oxygens (including phenoxy) is 1. The Kier molecular flexibility index (Phi) is 5.09. The van der Waals surface area contributed by atoms with Gasteiger partial charge >= 0.3 is 0 Å². The van der Waals surface area contributed by atoms with E-state index in [9.17, 15) is 14.4 Å². The summed E-state index contributed by atoms with van der Waals surface area (Å²) in [6, 6.07) is 13.3. The predicted octanol–water partition coefficient (Wildman–Crippen LogP) is 3.34. The molecule has 0 radical (unpaired) electrons. The smallest absolute Gasteiger partial charge is 0.262 e. The molecule has 150 valence electrons. The van der Waals surface area contributed by atoms with Crippen molar-refractivity contribution in [1.82, 2.24) is 10.2 Å². The molecule has 2 aromatic rings. The molecule has 2 aliphatic heterocycles. The van der Waals surface area contributed by atoms with Gasteiger partial charge in [-0.15, -0.1) is 0 Å². The van der Waals surface area contributed by atoms with E-state index in [1.165, 1.54) is 0 Å². The first-order valence-corrected chi connectivity index (χ1v) is 10.0. The number of benzene rings is 2. The Balaban J connectivity index is 1.63. The fourth-order valence-corrected chi connectivity index (χ4v) is 4.06. The number of imide groups is 1. The molecule has 0 aromatic heterocycles. The van der Waals surface area contributed by atoms with Crippen LogP contribution in [-0.4, -0.2) is 35.3 Å². The molecule has 0 saturated carbocycles. The Labute approximate surface area is 169 Å². The van der Waals surface area contributed by atoms with E-state index in [4.69, 9.17) is 4.74 Å². The van der Waals surface area contributed by atoms with Crippen molar-refractivity contribution in [3.05, 3.63) is 65.2 Å². The second kappa shape index (κ2) is 7.70. The normalized spacial score (nSPS) is 19.8. The molecule has 3 amide bonds. The average molecular weight is 392 g/mol. The summed E-state index contributed by atoms with van der Waals surface area (Å²) in [7, 11) is 0. The molecule has 0 bridgehead atoms. The first-order chi connectivity index (χ1) is 14.0. The highest BCUT2D eigenvalue weighted by molar-refractivity contribution is 6.22. The lowest BCUT2D eigenvalue weighted by Gasteiger charge is -2.33. The van der Waals surface area contributed by atoms with Crippen molar-refractivity contribution in [3.8, 4) is 5.75 Å². The lowest BCUT2D eigenvalue weighted by molar-refractivity contribution is -0.127. The monoisotopic (exact) mass is 392 g/mol. The lowest BCUT2D eigenvalue weighted by atomic mass is 9.94. The van der Waals surface area contributed by atoms with Gasteiger partial charge in [0, 0.05) is 12.0 Å². The van der Waals surface area contributed by atoms with Gasteiger partial charge in [-0.25, -0.2) is 0 Å². The summed E-state index contributed by atoms with van der Waals surface area (Å²) in [5.41, 5.74) is 1.63. The van der Waals surface area contributed by atoms with E-state index in [1.54, 1.807) is 24.3 Å². The van der Waals surface area contributed by atoms with Crippen LogP contribution in [0.3, 0.4) is 0 Å². The van der Waals surface area contributed by atoms with Gasteiger partial charge in [-0.2, -0.15) is 0 Å². The molecule has 1 N–H and O–H groups in total. The maximum Gasteiger partial charge on any atom is 0.262 e. The van der Waals surface area contributed by atoms with Crippen molar-refractivity contribution in [2.45, 2.75) is 38.8 Å². The lowest BCUT2D eigenvalue weighted by Crippen LogP contribution is -2.53. The Morgan fingerprint density at radius 2 is 1.72 bits per heavy atom. The maximum atomic E-state index is 13.4. The molecule has 0 aliphatic carbocycles. The number of amides is 3. The van der Waals surface area contributed by atoms with Gasteiger partial charge in [0.15, 0.2) is 0 Å². The van der Waals surface area contributed by atoms with Crippen molar-refractivity contribution < 1.29 is 19.1 Å². The summed E-state index contributed by atoms with van der Waals surface area (Å²) in [6.07, 6.45) is 1.30. The minimum Gasteiger partial charge on any atom is -0.493 e. The van der Waals surface area contributed by atoms with Gasteiger partial charge in [-0.3, -0.25) is 19.3 Å². The number of fused-ring (bicyclic) bond motifs is 2. The average Bonchev–Trinajstić information content (AvgIpc) is 2.99. The fraction of sp³-hybridized carbons (Fsp3) is 0.348. The van der Waals surface area contributed by atoms with Crippen LogP contribution in [0.5, 0.6) is 5.75 Å². The highest BCUT2D eigenvalue weighted by Gasteiger charge is 2.45. The Hall–Kier alpha value is -3.15. The summed E-state index contributed by atoms with van der Waals surface area (Å²) < 4.78 is 5.67. The molecule has 6 nitrogen and oxygen atoms in total. The molecule has 0 fully saturated rings. The summed E-state index contributed by atoms with van der Waals surface area (Å²) in [6.45, 7) is 4.35.